The molecule has 0 saturated heterocycles. The van der Waals surface area contributed by atoms with E-state index in [0.29, 0.717) is 29.5 Å². The van der Waals surface area contributed by atoms with E-state index in [0.717, 1.165) is 35.1 Å². The smallest absolute Gasteiger partial charge is 0.324 e. The molecule has 1 N–H and O–H groups in total. The Labute approximate surface area is 177 Å². The summed E-state index contributed by atoms with van der Waals surface area (Å²) in [5.41, 5.74) is 4.41. The first-order chi connectivity index (χ1) is 15.0. The number of aryl methyl sites for hydroxylation is 2. The van der Waals surface area contributed by atoms with Gasteiger partial charge in [-0.1, -0.05) is 0 Å². The number of imidazole rings is 1. The van der Waals surface area contributed by atoms with Gasteiger partial charge in [-0.2, -0.15) is 4.98 Å². The fourth-order valence-corrected chi connectivity index (χ4v) is 5.12. The van der Waals surface area contributed by atoms with Crippen LogP contribution in [0, 0.1) is 18.8 Å². The van der Waals surface area contributed by atoms with Crippen molar-refractivity contribution >= 4 is 33.8 Å². The first-order valence-electron chi connectivity index (χ1n) is 10.6. The Morgan fingerprint density at radius 3 is 2.55 bits per heavy atom. The summed E-state index contributed by atoms with van der Waals surface area (Å²) in [4.78, 5) is 30.8. The second-order valence-corrected chi connectivity index (χ2v) is 8.76. The highest BCUT2D eigenvalue weighted by molar-refractivity contribution is 5.82. The highest BCUT2D eigenvalue weighted by Crippen LogP contribution is 2.52. The first-order valence-corrected chi connectivity index (χ1v) is 10.6. The van der Waals surface area contributed by atoms with E-state index in [1.54, 1.807) is 34.8 Å². The van der Waals surface area contributed by atoms with Gasteiger partial charge in [-0.15, -0.1) is 0 Å². The lowest BCUT2D eigenvalue weighted by atomic mass is 9.62. The van der Waals surface area contributed by atoms with Gasteiger partial charge in [-0.3, -0.25) is 19.1 Å². The molecular formula is C22H22FN7O. The number of alkyl halides is 1. The third-order valence-corrected chi connectivity index (χ3v) is 6.96. The Morgan fingerprint density at radius 1 is 1.06 bits per heavy atom. The third-order valence-electron chi connectivity index (χ3n) is 6.96. The van der Waals surface area contributed by atoms with Crippen molar-refractivity contribution in [2.75, 3.05) is 5.32 Å². The minimum Gasteiger partial charge on any atom is -0.324 e. The molecule has 9 heteroatoms. The topological polar surface area (TPSA) is 90.5 Å². The van der Waals surface area contributed by atoms with Crippen LogP contribution in [0.2, 0.25) is 0 Å². The van der Waals surface area contributed by atoms with Gasteiger partial charge in [0.1, 0.15) is 11.7 Å². The second kappa shape index (κ2) is 6.57. The van der Waals surface area contributed by atoms with Crippen molar-refractivity contribution in [2.45, 2.75) is 38.4 Å². The summed E-state index contributed by atoms with van der Waals surface area (Å²) in [7, 11) is 1.71. The number of hydrogen-bond donors (Lipinski definition) is 1. The van der Waals surface area contributed by atoms with E-state index < -0.39 is 6.17 Å². The molecule has 158 valence electrons. The Balaban J connectivity index is 1.43. The van der Waals surface area contributed by atoms with Crippen molar-refractivity contribution in [1.82, 2.24) is 29.1 Å². The molecule has 0 radical (unpaired) electrons. The maximum atomic E-state index is 14.4. The zero-order valence-electron chi connectivity index (χ0n) is 17.3. The van der Waals surface area contributed by atoms with Crippen LogP contribution in [-0.4, -0.2) is 35.2 Å². The Morgan fingerprint density at radius 2 is 1.81 bits per heavy atom. The number of nitrogens with one attached hydrogen (secondary N) is 1. The van der Waals surface area contributed by atoms with E-state index in [1.807, 2.05) is 19.1 Å². The largest absolute Gasteiger partial charge is 0.330 e. The third kappa shape index (κ3) is 2.75. The molecule has 2 unspecified atom stereocenters. The number of anilines is 2. The summed E-state index contributed by atoms with van der Waals surface area (Å²) in [5.74, 6) is 0.892. The lowest BCUT2D eigenvalue weighted by molar-refractivity contribution is -0.0173. The van der Waals surface area contributed by atoms with Crippen molar-refractivity contribution in [3.8, 4) is 0 Å². The fourth-order valence-electron chi connectivity index (χ4n) is 5.12. The van der Waals surface area contributed by atoms with E-state index in [2.05, 4.69) is 25.3 Å². The number of halogens is 1. The van der Waals surface area contributed by atoms with Gasteiger partial charge in [0.2, 0.25) is 5.95 Å². The van der Waals surface area contributed by atoms with Crippen molar-refractivity contribution < 1.29 is 4.39 Å². The molecule has 3 aliphatic carbocycles. The summed E-state index contributed by atoms with van der Waals surface area (Å²) in [6.45, 7) is 1.98. The normalized spacial score (nSPS) is 25.0. The van der Waals surface area contributed by atoms with Gasteiger partial charge in [0.05, 0.1) is 17.2 Å². The maximum Gasteiger partial charge on any atom is 0.330 e. The van der Waals surface area contributed by atoms with Crippen molar-refractivity contribution in [3.63, 3.8) is 0 Å². The van der Waals surface area contributed by atoms with Crippen LogP contribution in [0.25, 0.3) is 22.2 Å². The molecule has 3 saturated carbocycles. The van der Waals surface area contributed by atoms with Gasteiger partial charge in [0, 0.05) is 37.6 Å². The van der Waals surface area contributed by atoms with E-state index >= 15 is 0 Å². The Bertz CT molecular complexity index is 1390. The van der Waals surface area contributed by atoms with Crippen LogP contribution in [0.15, 0.2) is 35.5 Å². The van der Waals surface area contributed by atoms with Crippen LogP contribution >= 0.6 is 0 Å². The number of rotatable bonds is 3. The monoisotopic (exact) mass is 419 g/mol. The molecule has 7 rings (SSSR count). The van der Waals surface area contributed by atoms with Crippen molar-refractivity contribution in [3.05, 3.63) is 46.8 Å². The Hall–Kier alpha value is -3.36. The van der Waals surface area contributed by atoms with Crippen LogP contribution in [0.1, 0.15) is 30.9 Å². The predicted molar refractivity (Wildman–Crippen MR) is 115 cm³/mol. The number of benzene rings is 1. The number of aromatic nitrogens is 6. The summed E-state index contributed by atoms with van der Waals surface area (Å²) in [6, 6.07) is 3.71. The van der Waals surface area contributed by atoms with Gasteiger partial charge in [-0.05, 0) is 49.3 Å². The van der Waals surface area contributed by atoms with Crippen LogP contribution < -0.4 is 11.0 Å². The van der Waals surface area contributed by atoms with Crippen LogP contribution in [0.4, 0.5) is 16.0 Å². The van der Waals surface area contributed by atoms with Gasteiger partial charge >= 0.3 is 5.69 Å². The van der Waals surface area contributed by atoms with Gasteiger partial charge in [0.25, 0.3) is 0 Å². The molecule has 8 nitrogen and oxygen atoms in total. The fraction of sp³-hybridized carbons (Fsp3) is 0.409. The quantitative estimate of drug-likeness (QED) is 0.547. The van der Waals surface area contributed by atoms with E-state index in [-0.39, 0.29) is 17.6 Å². The predicted octanol–water partition coefficient (Wildman–Crippen LogP) is 3.43. The molecule has 3 aromatic heterocycles. The molecule has 31 heavy (non-hydrogen) atoms. The molecule has 3 fully saturated rings. The number of hydrogen-bond acceptors (Lipinski definition) is 6. The average molecular weight is 419 g/mol. The standard InChI is InChI=1S/C22H22FN7O/c1-11-5-16-17(25-4-3-24-16)9-15(11)27-21-26-10-19-20(28-21)30(22(31)29(19)2)18-8-14(23)12-6-13(18)7-12/h3-5,9-10,12-14,18H,6-8H2,1-2H3,(H,26,27,28). The molecule has 0 spiro atoms. The molecule has 4 aromatic rings. The van der Waals surface area contributed by atoms with Gasteiger partial charge in [0.15, 0.2) is 5.65 Å². The minimum absolute atomic E-state index is 0.156. The minimum atomic E-state index is -0.849. The molecular weight excluding hydrogens is 397 g/mol. The second-order valence-electron chi connectivity index (χ2n) is 8.76. The zero-order chi connectivity index (χ0) is 21.3. The van der Waals surface area contributed by atoms with E-state index in [4.69, 9.17) is 0 Å². The summed E-state index contributed by atoms with van der Waals surface area (Å²) in [5, 5.41) is 3.26. The first kappa shape index (κ1) is 18.4. The average Bonchev–Trinajstić information content (AvgIpc) is 2.97. The molecule has 2 bridgehead atoms. The van der Waals surface area contributed by atoms with E-state index in [9.17, 15) is 9.18 Å². The van der Waals surface area contributed by atoms with Crippen LogP contribution in [0.3, 0.4) is 0 Å². The van der Waals surface area contributed by atoms with Crippen LogP contribution in [0.5, 0.6) is 0 Å². The molecule has 1 aromatic carbocycles. The number of fused-ring (bicyclic) bond motifs is 4. The van der Waals surface area contributed by atoms with Crippen LogP contribution in [-0.2, 0) is 7.05 Å². The van der Waals surface area contributed by atoms with Gasteiger partial charge < -0.3 is 5.32 Å². The SMILES string of the molecule is Cc1cc2nccnc2cc1Nc1ncc2c(n1)n(C1CC(F)C3CC1C3)c(=O)n2C. The van der Waals surface area contributed by atoms with E-state index in [1.165, 1.54) is 0 Å². The molecule has 3 heterocycles. The van der Waals surface area contributed by atoms with Gasteiger partial charge in [-0.25, -0.2) is 14.2 Å². The van der Waals surface area contributed by atoms with Crippen molar-refractivity contribution in [1.29, 1.82) is 0 Å². The number of nitrogens with zero attached hydrogens (tertiary/aromatic N) is 6. The molecule has 3 aliphatic rings. The lowest BCUT2D eigenvalue weighted by Gasteiger charge is -2.48. The lowest BCUT2D eigenvalue weighted by Crippen LogP contribution is -2.46. The highest BCUT2D eigenvalue weighted by atomic mass is 19.1. The molecule has 0 amide bonds. The highest BCUT2D eigenvalue weighted by Gasteiger charge is 2.48. The summed E-state index contributed by atoms with van der Waals surface area (Å²) < 4.78 is 17.7. The summed E-state index contributed by atoms with van der Waals surface area (Å²) >= 11 is 0. The molecule has 2 atom stereocenters. The summed E-state index contributed by atoms with van der Waals surface area (Å²) in [6.07, 6.45) is 6.20. The Kier molecular flexibility index (Phi) is 3.90. The van der Waals surface area contributed by atoms with Crippen molar-refractivity contribution in [2.24, 2.45) is 18.9 Å². The molecule has 0 aliphatic heterocycles. The zero-order valence-corrected chi connectivity index (χ0v) is 17.3. The maximum absolute atomic E-state index is 14.4.